The second kappa shape index (κ2) is 9.49. The summed E-state index contributed by atoms with van der Waals surface area (Å²) in [5.74, 6) is 1.88. The zero-order valence-corrected chi connectivity index (χ0v) is 15.6. The minimum atomic E-state index is -0.862. The Morgan fingerprint density at radius 2 is 2.08 bits per heavy atom. The van der Waals surface area contributed by atoms with E-state index in [9.17, 15) is 9.59 Å². The Morgan fingerprint density at radius 1 is 1.23 bits per heavy atom. The van der Waals surface area contributed by atoms with Crippen molar-refractivity contribution in [3.8, 4) is 11.5 Å². The van der Waals surface area contributed by atoms with Crippen LogP contribution in [0, 0.1) is 0 Å². The lowest BCUT2D eigenvalue weighted by Crippen LogP contribution is -2.40. The van der Waals surface area contributed by atoms with Gasteiger partial charge in [-0.05, 0) is 23.6 Å². The van der Waals surface area contributed by atoms with E-state index in [0.717, 1.165) is 11.5 Å². The third kappa shape index (κ3) is 5.40. The van der Waals surface area contributed by atoms with Crippen LogP contribution in [0.2, 0.25) is 0 Å². The largest absolute Gasteiger partial charge is 0.485 e. The molecule has 0 aliphatic carbocycles. The van der Waals surface area contributed by atoms with Crippen molar-refractivity contribution in [1.29, 1.82) is 0 Å². The predicted molar refractivity (Wildman–Crippen MR) is 101 cm³/mol. The summed E-state index contributed by atoms with van der Waals surface area (Å²) in [5.41, 5.74) is 0. The maximum absolute atomic E-state index is 12.0. The standard InChI is InChI=1S/C18H19NO5S2/c20-17(19-7-9-25-12-13-4-3-8-26-13)11-23-18(21)16-10-22-14-5-1-2-6-15(14)24-16/h1-6,8,16H,7,9-12H2,(H,19,20)/t16-/m0/s1. The lowest BCUT2D eigenvalue weighted by molar-refractivity contribution is -0.157. The second-order valence-corrected chi connectivity index (χ2v) is 7.59. The van der Waals surface area contributed by atoms with Crippen LogP contribution in [0.4, 0.5) is 0 Å². The highest BCUT2D eigenvalue weighted by molar-refractivity contribution is 7.98. The molecule has 6 nitrogen and oxygen atoms in total. The van der Waals surface area contributed by atoms with E-state index in [4.69, 9.17) is 14.2 Å². The van der Waals surface area contributed by atoms with E-state index in [1.54, 1.807) is 41.3 Å². The molecule has 1 aliphatic heterocycles. The molecular weight excluding hydrogens is 374 g/mol. The first-order chi connectivity index (χ1) is 12.7. The molecular formula is C18H19NO5S2. The zero-order chi connectivity index (χ0) is 18.2. The van der Waals surface area contributed by atoms with Gasteiger partial charge < -0.3 is 19.5 Å². The molecule has 138 valence electrons. The third-order valence-electron chi connectivity index (χ3n) is 3.51. The molecule has 2 heterocycles. The van der Waals surface area contributed by atoms with Gasteiger partial charge in [-0.2, -0.15) is 11.8 Å². The smallest absolute Gasteiger partial charge is 0.351 e. The Balaban J connectivity index is 1.30. The third-order valence-corrected chi connectivity index (χ3v) is 5.58. The van der Waals surface area contributed by atoms with Crippen molar-refractivity contribution < 1.29 is 23.8 Å². The number of carbonyl (C=O) groups excluding carboxylic acids is 2. The van der Waals surface area contributed by atoms with Gasteiger partial charge in [0.15, 0.2) is 18.1 Å². The fourth-order valence-corrected chi connectivity index (χ4v) is 3.95. The first kappa shape index (κ1) is 18.6. The van der Waals surface area contributed by atoms with E-state index in [0.29, 0.717) is 18.0 Å². The molecule has 8 heteroatoms. The Labute approximate surface area is 159 Å². The van der Waals surface area contributed by atoms with E-state index in [1.807, 2.05) is 17.5 Å². The number of thioether (sulfide) groups is 1. The zero-order valence-electron chi connectivity index (χ0n) is 14.0. The first-order valence-electron chi connectivity index (χ1n) is 8.14. The van der Waals surface area contributed by atoms with Crippen LogP contribution in [0.3, 0.4) is 0 Å². The minimum Gasteiger partial charge on any atom is -0.485 e. The summed E-state index contributed by atoms with van der Waals surface area (Å²) < 4.78 is 16.0. The van der Waals surface area contributed by atoms with Gasteiger partial charge in [-0.15, -0.1) is 11.3 Å². The molecule has 2 aromatic rings. The van der Waals surface area contributed by atoms with Crippen molar-refractivity contribution in [2.75, 3.05) is 25.5 Å². The molecule has 1 aromatic heterocycles. The van der Waals surface area contributed by atoms with Crippen LogP contribution in [-0.2, 0) is 20.1 Å². The Hall–Kier alpha value is -2.19. The predicted octanol–water partition coefficient (Wildman–Crippen LogP) is 2.48. The van der Waals surface area contributed by atoms with Gasteiger partial charge in [0.25, 0.3) is 5.91 Å². The van der Waals surface area contributed by atoms with Crippen LogP contribution in [0.5, 0.6) is 11.5 Å². The molecule has 0 fully saturated rings. The van der Waals surface area contributed by atoms with Gasteiger partial charge in [0.05, 0.1) is 0 Å². The van der Waals surface area contributed by atoms with E-state index in [1.165, 1.54) is 4.88 Å². The monoisotopic (exact) mass is 393 g/mol. The van der Waals surface area contributed by atoms with Gasteiger partial charge in [0.1, 0.15) is 6.61 Å². The van der Waals surface area contributed by atoms with Gasteiger partial charge in [0, 0.05) is 22.9 Å². The molecule has 3 rings (SSSR count). The minimum absolute atomic E-state index is 0.0663. The summed E-state index contributed by atoms with van der Waals surface area (Å²) in [5, 5.41) is 4.78. The summed E-state index contributed by atoms with van der Waals surface area (Å²) in [6.07, 6.45) is -0.862. The van der Waals surface area contributed by atoms with Crippen molar-refractivity contribution in [3.05, 3.63) is 46.7 Å². The van der Waals surface area contributed by atoms with E-state index >= 15 is 0 Å². The van der Waals surface area contributed by atoms with Gasteiger partial charge >= 0.3 is 5.97 Å². The Bertz CT molecular complexity index is 735. The molecule has 0 unspecified atom stereocenters. The second-order valence-electron chi connectivity index (χ2n) is 5.45. The molecule has 1 N–H and O–H groups in total. The van der Waals surface area contributed by atoms with Crippen molar-refractivity contribution >= 4 is 35.0 Å². The lowest BCUT2D eigenvalue weighted by Gasteiger charge is -2.24. The Kier molecular flexibility index (Phi) is 6.79. The van der Waals surface area contributed by atoms with Crippen molar-refractivity contribution in [3.63, 3.8) is 0 Å². The van der Waals surface area contributed by atoms with Crippen LogP contribution in [-0.4, -0.2) is 43.5 Å². The molecule has 26 heavy (non-hydrogen) atoms. The molecule has 0 radical (unpaired) electrons. The number of para-hydroxylation sites is 2. The molecule has 1 aromatic carbocycles. The van der Waals surface area contributed by atoms with Gasteiger partial charge in [-0.3, -0.25) is 4.79 Å². The summed E-state index contributed by atoms with van der Waals surface area (Å²) in [7, 11) is 0. The molecule has 0 saturated carbocycles. The number of benzene rings is 1. The maximum atomic E-state index is 12.0. The van der Waals surface area contributed by atoms with Gasteiger partial charge in [-0.1, -0.05) is 18.2 Å². The number of esters is 1. The molecule has 0 saturated heterocycles. The van der Waals surface area contributed by atoms with Crippen molar-refractivity contribution in [2.24, 2.45) is 0 Å². The van der Waals surface area contributed by atoms with Gasteiger partial charge in [-0.25, -0.2) is 4.79 Å². The number of carbonyl (C=O) groups is 2. The fraction of sp³-hybridized carbons (Fsp3) is 0.333. The quantitative estimate of drug-likeness (QED) is 0.549. The van der Waals surface area contributed by atoms with Crippen LogP contribution in [0.15, 0.2) is 41.8 Å². The number of hydrogen-bond donors (Lipinski definition) is 1. The van der Waals surface area contributed by atoms with E-state index < -0.39 is 12.1 Å². The summed E-state index contributed by atoms with van der Waals surface area (Å²) in [4.78, 5) is 25.1. The Morgan fingerprint density at radius 3 is 2.88 bits per heavy atom. The van der Waals surface area contributed by atoms with Crippen molar-refractivity contribution in [1.82, 2.24) is 5.32 Å². The van der Waals surface area contributed by atoms with Gasteiger partial charge in [0.2, 0.25) is 6.10 Å². The highest BCUT2D eigenvalue weighted by atomic mass is 32.2. The van der Waals surface area contributed by atoms with Crippen LogP contribution in [0.1, 0.15) is 4.88 Å². The summed E-state index contributed by atoms with van der Waals surface area (Å²) in [6, 6.07) is 11.2. The number of fused-ring (bicyclic) bond motifs is 1. The number of amides is 1. The molecule has 0 spiro atoms. The lowest BCUT2D eigenvalue weighted by atomic mass is 10.2. The first-order valence-corrected chi connectivity index (χ1v) is 10.2. The fourth-order valence-electron chi connectivity index (χ4n) is 2.25. The number of ether oxygens (including phenoxy) is 3. The average Bonchev–Trinajstić information content (AvgIpc) is 3.19. The number of thiophene rings is 1. The van der Waals surface area contributed by atoms with Crippen LogP contribution in [0.25, 0.3) is 0 Å². The van der Waals surface area contributed by atoms with E-state index in [2.05, 4.69) is 11.4 Å². The normalized spacial score (nSPS) is 15.3. The summed E-state index contributed by atoms with van der Waals surface area (Å²) in [6.45, 7) is 0.273. The average molecular weight is 393 g/mol. The maximum Gasteiger partial charge on any atom is 0.351 e. The number of nitrogens with one attached hydrogen (secondary N) is 1. The SMILES string of the molecule is O=C(COC(=O)[C@@H]1COc2ccccc2O1)NCCSCc1cccs1. The van der Waals surface area contributed by atoms with Crippen molar-refractivity contribution in [2.45, 2.75) is 11.9 Å². The topological polar surface area (TPSA) is 73.9 Å². The molecule has 1 aliphatic rings. The molecule has 1 atom stereocenters. The highest BCUT2D eigenvalue weighted by Crippen LogP contribution is 2.31. The number of rotatable bonds is 8. The molecule has 1 amide bonds. The summed E-state index contributed by atoms with van der Waals surface area (Å²) >= 11 is 3.47. The number of hydrogen-bond acceptors (Lipinski definition) is 7. The van der Waals surface area contributed by atoms with Crippen LogP contribution >= 0.6 is 23.1 Å². The van der Waals surface area contributed by atoms with E-state index in [-0.39, 0.29) is 19.1 Å². The highest BCUT2D eigenvalue weighted by Gasteiger charge is 2.29. The molecule has 0 bridgehead atoms. The van der Waals surface area contributed by atoms with Crippen LogP contribution < -0.4 is 14.8 Å².